The summed E-state index contributed by atoms with van der Waals surface area (Å²) in [4.78, 5) is 10.3. The van der Waals surface area contributed by atoms with Crippen molar-refractivity contribution in [2.75, 3.05) is 25.6 Å². The molecule has 1 N–H and O–H groups in total. The number of nitrogens with one attached hydrogen (secondary N) is 1. The van der Waals surface area contributed by atoms with E-state index in [0.29, 0.717) is 31.8 Å². The summed E-state index contributed by atoms with van der Waals surface area (Å²) >= 11 is 0. The minimum Gasteiger partial charge on any atom is -0.491 e. The molecule has 0 saturated carbocycles. The molecule has 0 fully saturated rings. The highest BCUT2D eigenvalue weighted by Crippen LogP contribution is 2.26. The number of amides is 1. The van der Waals surface area contributed by atoms with E-state index in [-0.39, 0.29) is 5.69 Å². The average Bonchev–Trinajstić information content (AvgIpc) is 2.29. The molecule has 0 aliphatic carbocycles. The van der Waals surface area contributed by atoms with Crippen LogP contribution >= 0.6 is 0 Å². The van der Waals surface area contributed by atoms with Gasteiger partial charge in [0.15, 0.2) is 5.82 Å². The summed E-state index contributed by atoms with van der Waals surface area (Å²) in [5.41, 5.74) is 0.0647. The number of methoxy groups -OCH3 is 1. The van der Waals surface area contributed by atoms with Crippen LogP contribution in [0.3, 0.4) is 0 Å². The SMILES string of the molecule is COCCCOc1cccc(F)c1NC=O. The number of para-hydroxylation sites is 1. The van der Waals surface area contributed by atoms with Gasteiger partial charge in [0.25, 0.3) is 0 Å². The van der Waals surface area contributed by atoms with Crippen molar-refractivity contribution in [1.29, 1.82) is 0 Å². The van der Waals surface area contributed by atoms with E-state index >= 15 is 0 Å². The Balaban J connectivity index is 2.63. The van der Waals surface area contributed by atoms with Gasteiger partial charge in [-0.2, -0.15) is 0 Å². The van der Waals surface area contributed by atoms with Crippen LogP contribution in [0, 0.1) is 5.82 Å². The molecular formula is C11H14FNO3. The first-order valence-electron chi connectivity index (χ1n) is 4.90. The first-order valence-corrected chi connectivity index (χ1v) is 4.90. The lowest BCUT2D eigenvalue weighted by atomic mass is 10.3. The lowest BCUT2D eigenvalue weighted by molar-refractivity contribution is -0.105. The van der Waals surface area contributed by atoms with Crippen molar-refractivity contribution in [3.05, 3.63) is 24.0 Å². The predicted octanol–water partition coefficient (Wildman–Crippen LogP) is 1.81. The number of hydrogen-bond acceptors (Lipinski definition) is 3. The number of ether oxygens (including phenoxy) is 2. The molecule has 5 heteroatoms. The Labute approximate surface area is 93.4 Å². The topological polar surface area (TPSA) is 47.6 Å². The lowest BCUT2D eigenvalue weighted by Crippen LogP contribution is -2.05. The fraction of sp³-hybridized carbons (Fsp3) is 0.364. The molecule has 88 valence electrons. The highest BCUT2D eigenvalue weighted by Gasteiger charge is 2.08. The third-order valence-electron chi connectivity index (χ3n) is 1.93. The maximum atomic E-state index is 13.3. The summed E-state index contributed by atoms with van der Waals surface area (Å²) in [6.07, 6.45) is 1.12. The Morgan fingerprint density at radius 2 is 2.25 bits per heavy atom. The maximum Gasteiger partial charge on any atom is 0.211 e. The molecule has 1 aromatic rings. The average molecular weight is 227 g/mol. The Kier molecular flexibility index (Phi) is 5.28. The summed E-state index contributed by atoms with van der Waals surface area (Å²) in [6.45, 7) is 0.983. The smallest absolute Gasteiger partial charge is 0.211 e. The molecular weight excluding hydrogens is 213 g/mol. The van der Waals surface area contributed by atoms with E-state index in [1.54, 1.807) is 13.2 Å². The molecule has 0 aliphatic heterocycles. The summed E-state index contributed by atoms with van der Waals surface area (Å²) < 4.78 is 23.5. The van der Waals surface area contributed by atoms with Crippen molar-refractivity contribution in [1.82, 2.24) is 0 Å². The Morgan fingerprint density at radius 1 is 1.44 bits per heavy atom. The van der Waals surface area contributed by atoms with E-state index in [0.717, 1.165) is 0 Å². The number of anilines is 1. The van der Waals surface area contributed by atoms with Gasteiger partial charge in [-0.1, -0.05) is 6.07 Å². The molecule has 1 amide bonds. The van der Waals surface area contributed by atoms with Crippen molar-refractivity contribution in [3.63, 3.8) is 0 Å². The van der Waals surface area contributed by atoms with E-state index < -0.39 is 5.82 Å². The van der Waals surface area contributed by atoms with Crippen LogP contribution in [0.15, 0.2) is 18.2 Å². The maximum absolute atomic E-state index is 13.3. The van der Waals surface area contributed by atoms with Gasteiger partial charge in [-0.3, -0.25) is 4.79 Å². The molecule has 0 spiro atoms. The molecule has 0 aromatic heterocycles. The zero-order chi connectivity index (χ0) is 11.8. The number of rotatable bonds is 7. The standard InChI is InChI=1S/C11H14FNO3/c1-15-6-3-7-16-10-5-2-4-9(12)11(10)13-8-14/h2,4-5,8H,3,6-7H2,1H3,(H,13,14). The molecule has 0 unspecified atom stereocenters. The van der Waals surface area contributed by atoms with E-state index in [1.165, 1.54) is 12.1 Å². The van der Waals surface area contributed by atoms with Gasteiger partial charge in [-0.25, -0.2) is 4.39 Å². The number of halogens is 1. The van der Waals surface area contributed by atoms with Crippen LogP contribution in [0.25, 0.3) is 0 Å². The Bertz CT molecular complexity index is 344. The molecule has 0 heterocycles. The summed E-state index contributed by atoms with van der Waals surface area (Å²) in [6, 6.07) is 4.38. The highest BCUT2D eigenvalue weighted by molar-refractivity contribution is 5.75. The predicted molar refractivity (Wildman–Crippen MR) is 58.1 cm³/mol. The third-order valence-corrected chi connectivity index (χ3v) is 1.93. The van der Waals surface area contributed by atoms with Crippen molar-refractivity contribution in [2.45, 2.75) is 6.42 Å². The quantitative estimate of drug-likeness (QED) is 0.571. The van der Waals surface area contributed by atoms with Gasteiger partial charge in [0, 0.05) is 20.1 Å². The Hall–Kier alpha value is -1.62. The normalized spacial score (nSPS) is 9.88. The number of carbonyl (C=O) groups excluding carboxylic acids is 1. The van der Waals surface area contributed by atoms with Gasteiger partial charge in [-0.05, 0) is 12.1 Å². The second-order valence-corrected chi connectivity index (χ2v) is 3.07. The van der Waals surface area contributed by atoms with Crippen LogP contribution in [0.4, 0.5) is 10.1 Å². The van der Waals surface area contributed by atoms with Crippen LogP contribution in [0.1, 0.15) is 6.42 Å². The van der Waals surface area contributed by atoms with Crippen LogP contribution < -0.4 is 10.1 Å². The van der Waals surface area contributed by atoms with Crippen molar-refractivity contribution in [2.24, 2.45) is 0 Å². The molecule has 0 saturated heterocycles. The highest BCUT2D eigenvalue weighted by atomic mass is 19.1. The lowest BCUT2D eigenvalue weighted by Gasteiger charge is -2.10. The third kappa shape index (κ3) is 3.51. The second-order valence-electron chi connectivity index (χ2n) is 3.07. The largest absolute Gasteiger partial charge is 0.491 e. The number of carbonyl (C=O) groups is 1. The van der Waals surface area contributed by atoms with Crippen LogP contribution in [0.5, 0.6) is 5.75 Å². The van der Waals surface area contributed by atoms with Gasteiger partial charge < -0.3 is 14.8 Å². The van der Waals surface area contributed by atoms with Crippen molar-refractivity contribution < 1.29 is 18.7 Å². The number of hydrogen-bond donors (Lipinski definition) is 1. The van der Waals surface area contributed by atoms with Crippen molar-refractivity contribution in [3.8, 4) is 5.75 Å². The van der Waals surface area contributed by atoms with Gasteiger partial charge in [0.1, 0.15) is 11.4 Å². The van der Waals surface area contributed by atoms with Crippen LogP contribution in [-0.4, -0.2) is 26.7 Å². The van der Waals surface area contributed by atoms with Gasteiger partial charge in [-0.15, -0.1) is 0 Å². The molecule has 0 atom stereocenters. The first kappa shape index (κ1) is 12.4. The summed E-state index contributed by atoms with van der Waals surface area (Å²) in [5.74, 6) is -0.195. The van der Waals surface area contributed by atoms with E-state index in [2.05, 4.69) is 5.32 Å². The summed E-state index contributed by atoms with van der Waals surface area (Å²) in [5, 5.41) is 2.27. The molecule has 0 aliphatic rings. The van der Waals surface area contributed by atoms with Crippen LogP contribution in [0.2, 0.25) is 0 Å². The van der Waals surface area contributed by atoms with Gasteiger partial charge >= 0.3 is 0 Å². The van der Waals surface area contributed by atoms with Crippen molar-refractivity contribution >= 4 is 12.1 Å². The second kappa shape index (κ2) is 6.79. The van der Waals surface area contributed by atoms with E-state index in [9.17, 15) is 9.18 Å². The van der Waals surface area contributed by atoms with Gasteiger partial charge in [0.2, 0.25) is 6.41 Å². The molecule has 4 nitrogen and oxygen atoms in total. The van der Waals surface area contributed by atoms with E-state index in [1.807, 2.05) is 0 Å². The molecule has 16 heavy (non-hydrogen) atoms. The molecule has 0 bridgehead atoms. The summed E-state index contributed by atoms with van der Waals surface area (Å²) in [7, 11) is 1.60. The number of benzene rings is 1. The first-order chi connectivity index (χ1) is 7.79. The minimum absolute atomic E-state index is 0.0647. The zero-order valence-electron chi connectivity index (χ0n) is 9.03. The molecule has 1 aromatic carbocycles. The fourth-order valence-corrected chi connectivity index (χ4v) is 1.21. The minimum atomic E-state index is -0.517. The van der Waals surface area contributed by atoms with E-state index in [4.69, 9.17) is 9.47 Å². The monoisotopic (exact) mass is 227 g/mol. The van der Waals surface area contributed by atoms with Crippen LogP contribution in [-0.2, 0) is 9.53 Å². The fourth-order valence-electron chi connectivity index (χ4n) is 1.21. The molecule has 0 radical (unpaired) electrons. The van der Waals surface area contributed by atoms with Gasteiger partial charge in [0.05, 0.1) is 6.61 Å². The Morgan fingerprint density at radius 3 is 2.94 bits per heavy atom. The molecule has 1 rings (SSSR count). The zero-order valence-corrected chi connectivity index (χ0v) is 9.03.